The fourth-order valence-corrected chi connectivity index (χ4v) is 3.10. The van der Waals surface area contributed by atoms with Crippen molar-refractivity contribution in [3.05, 3.63) is 52.4 Å². The van der Waals surface area contributed by atoms with Crippen molar-refractivity contribution in [3.63, 3.8) is 0 Å². The molecule has 1 amide bonds. The Morgan fingerprint density at radius 2 is 2.08 bits per heavy atom. The van der Waals surface area contributed by atoms with E-state index >= 15 is 0 Å². The number of halogens is 1. The lowest BCUT2D eigenvalue weighted by Gasteiger charge is -2.32. The van der Waals surface area contributed by atoms with E-state index in [-0.39, 0.29) is 11.9 Å². The Bertz CT molecular complexity index is 694. The lowest BCUT2D eigenvalue weighted by atomic mass is 10.0. The number of hydrogen-bond donors (Lipinski definition) is 1. The van der Waals surface area contributed by atoms with Gasteiger partial charge in [0.1, 0.15) is 6.61 Å². The zero-order valence-corrected chi connectivity index (χ0v) is 15.0. The summed E-state index contributed by atoms with van der Waals surface area (Å²) in [6.45, 7) is 3.10. The normalized spacial score (nSPS) is 16.1. The number of amides is 1. The molecule has 0 aliphatic carbocycles. The fourth-order valence-electron chi connectivity index (χ4n) is 2.97. The first-order chi connectivity index (χ1) is 12.1. The molecule has 6 nitrogen and oxygen atoms in total. The van der Waals surface area contributed by atoms with Gasteiger partial charge >= 0.3 is 0 Å². The van der Waals surface area contributed by atoms with Gasteiger partial charge in [-0.3, -0.25) is 9.69 Å². The van der Waals surface area contributed by atoms with Gasteiger partial charge in [-0.2, -0.15) is 0 Å². The second-order valence-electron chi connectivity index (χ2n) is 6.26. The SMILES string of the molecule is COCc1cc(C(=O)NC2CCN(Cc3ccc(Cl)cc3)CC2)no1. The number of hydrogen-bond acceptors (Lipinski definition) is 5. The molecule has 1 aliphatic heterocycles. The zero-order valence-electron chi connectivity index (χ0n) is 14.2. The van der Waals surface area contributed by atoms with Crippen LogP contribution in [-0.4, -0.2) is 42.2 Å². The average Bonchev–Trinajstić information content (AvgIpc) is 3.08. The van der Waals surface area contributed by atoms with Crippen LogP contribution < -0.4 is 5.32 Å². The molecular weight excluding hydrogens is 342 g/mol. The standard InChI is InChI=1S/C18H22ClN3O3/c1-24-12-16-10-17(21-25-16)18(23)20-15-6-8-22(9-7-15)11-13-2-4-14(19)5-3-13/h2-5,10,15H,6-9,11-12H2,1H3,(H,20,23). The number of likely N-dealkylation sites (tertiary alicyclic amines) is 1. The Morgan fingerprint density at radius 1 is 1.36 bits per heavy atom. The topological polar surface area (TPSA) is 67.6 Å². The van der Waals surface area contributed by atoms with Crippen LogP contribution in [0.2, 0.25) is 5.02 Å². The van der Waals surface area contributed by atoms with Crippen LogP contribution in [-0.2, 0) is 17.9 Å². The predicted octanol–water partition coefficient (Wildman–Crippen LogP) is 2.87. The Labute approximate surface area is 152 Å². The molecule has 0 atom stereocenters. The summed E-state index contributed by atoms with van der Waals surface area (Å²) in [6.07, 6.45) is 1.84. The van der Waals surface area contributed by atoms with E-state index in [0.717, 1.165) is 37.5 Å². The van der Waals surface area contributed by atoms with E-state index in [1.807, 2.05) is 12.1 Å². The van der Waals surface area contributed by atoms with Gasteiger partial charge in [-0.1, -0.05) is 28.9 Å². The summed E-state index contributed by atoms with van der Waals surface area (Å²) >= 11 is 5.92. The van der Waals surface area contributed by atoms with Gasteiger partial charge in [0.15, 0.2) is 11.5 Å². The fraction of sp³-hybridized carbons (Fsp3) is 0.444. The Hall–Kier alpha value is -1.89. The van der Waals surface area contributed by atoms with E-state index in [1.54, 1.807) is 13.2 Å². The molecule has 1 aliphatic rings. The largest absolute Gasteiger partial charge is 0.377 e. The van der Waals surface area contributed by atoms with Crippen molar-refractivity contribution in [3.8, 4) is 0 Å². The summed E-state index contributed by atoms with van der Waals surface area (Å²) in [5.74, 6) is 0.354. The Kier molecular flexibility index (Phi) is 6.07. The minimum atomic E-state index is -0.192. The summed E-state index contributed by atoms with van der Waals surface area (Å²) in [6, 6.07) is 9.72. The van der Waals surface area contributed by atoms with Crippen molar-refractivity contribution in [1.29, 1.82) is 0 Å². The van der Waals surface area contributed by atoms with Crippen molar-refractivity contribution in [2.75, 3.05) is 20.2 Å². The molecule has 0 spiro atoms. The molecule has 7 heteroatoms. The minimum absolute atomic E-state index is 0.163. The van der Waals surface area contributed by atoms with Gasteiger partial charge in [0.25, 0.3) is 5.91 Å². The van der Waals surface area contributed by atoms with E-state index in [1.165, 1.54) is 5.56 Å². The number of carbonyl (C=O) groups excluding carboxylic acids is 1. The molecule has 3 rings (SSSR count). The first kappa shape index (κ1) is 17.9. The van der Waals surface area contributed by atoms with Crippen molar-refractivity contribution in [2.45, 2.75) is 32.0 Å². The van der Waals surface area contributed by atoms with Gasteiger partial charge in [-0.05, 0) is 30.5 Å². The van der Waals surface area contributed by atoms with Crippen LogP contribution in [0.4, 0.5) is 0 Å². The van der Waals surface area contributed by atoms with Gasteiger partial charge in [0.2, 0.25) is 0 Å². The number of nitrogens with zero attached hydrogens (tertiary/aromatic N) is 2. The minimum Gasteiger partial charge on any atom is -0.377 e. The monoisotopic (exact) mass is 363 g/mol. The van der Waals surface area contributed by atoms with E-state index in [9.17, 15) is 4.79 Å². The second kappa shape index (κ2) is 8.47. The smallest absolute Gasteiger partial charge is 0.273 e. The van der Waals surface area contributed by atoms with Crippen LogP contribution in [0, 0.1) is 0 Å². The number of ether oxygens (including phenoxy) is 1. The number of carbonyl (C=O) groups is 1. The van der Waals surface area contributed by atoms with E-state index in [4.69, 9.17) is 20.9 Å². The summed E-state index contributed by atoms with van der Waals surface area (Å²) < 4.78 is 10.0. The lowest BCUT2D eigenvalue weighted by molar-refractivity contribution is 0.0899. The number of piperidine rings is 1. The number of rotatable bonds is 6. The second-order valence-corrected chi connectivity index (χ2v) is 6.70. The molecule has 1 aromatic heterocycles. The van der Waals surface area contributed by atoms with E-state index in [2.05, 4.69) is 27.5 Å². The lowest BCUT2D eigenvalue weighted by Crippen LogP contribution is -2.44. The van der Waals surface area contributed by atoms with Crippen LogP contribution >= 0.6 is 11.6 Å². The molecule has 0 radical (unpaired) electrons. The van der Waals surface area contributed by atoms with Gasteiger partial charge in [0.05, 0.1) is 0 Å². The van der Waals surface area contributed by atoms with E-state index in [0.29, 0.717) is 18.1 Å². The quantitative estimate of drug-likeness (QED) is 0.854. The van der Waals surface area contributed by atoms with Crippen molar-refractivity contribution < 1.29 is 14.1 Å². The van der Waals surface area contributed by atoms with Crippen LogP contribution in [0.3, 0.4) is 0 Å². The van der Waals surface area contributed by atoms with Crippen molar-refractivity contribution in [1.82, 2.24) is 15.4 Å². The highest BCUT2D eigenvalue weighted by atomic mass is 35.5. The van der Waals surface area contributed by atoms with Crippen LogP contribution in [0.1, 0.15) is 34.7 Å². The highest BCUT2D eigenvalue weighted by Crippen LogP contribution is 2.16. The molecule has 0 saturated carbocycles. The number of methoxy groups -OCH3 is 1. The number of aromatic nitrogens is 1. The zero-order chi connectivity index (χ0) is 17.6. The summed E-state index contributed by atoms with van der Waals surface area (Å²) in [7, 11) is 1.57. The van der Waals surface area contributed by atoms with E-state index < -0.39 is 0 Å². The third-order valence-electron chi connectivity index (χ3n) is 4.32. The molecule has 25 heavy (non-hydrogen) atoms. The maximum atomic E-state index is 12.2. The highest BCUT2D eigenvalue weighted by Gasteiger charge is 2.22. The number of nitrogens with one attached hydrogen (secondary N) is 1. The molecular formula is C18H22ClN3O3. The van der Waals surface area contributed by atoms with Crippen LogP contribution in [0.25, 0.3) is 0 Å². The molecule has 1 fully saturated rings. The average molecular weight is 364 g/mol. The van der Waals surface area contributed by atoms with Crippen molar-refractivity contribution in [2.24, 2.45) is 0 Å². The summed E-state index contributed by atoms with van der Waals surface area (Å²) in [4.78, 5) is 14.6. The molecule has 134 valence electrons. The molecule has 1 saturated heterocycles. The Balaban J connectivity index is 1.45. The molecule has 1 N–H and O–H groups in total. The summed E-state index contributed by atoms with van der Waals surface area (Å²) in [5, 5.41) is 7.58. The molecule has 2 heterocycles. The van der Waals surface area contributed by atoms with Gasteiger partial charge in [-0.25, -0.2) is 0 Å². The first-order valence-corrected chi connectivity index (χ1v) is 8.74. The number of benzene rings is 1. The molecule has 0 bridgehead atoms. The maximum Gasteiger partial charge on any atom is 0.273 e. The third-order valence-corrected chi connectivity index (χ3v) is 4.57. The molecule has 1 aromatic carbocycles. The van der Waals surface area contributed by atoms with Gasteiger partial charge in [0, 0.05) is 43.9 Å². The van der Waals surface area contributed by atoms with Crippen LogP contribution in [0.5, 0.6) is 0 Å². The predicted molar refractivity (Wildman–Crippen MR) is 94.4 cm³/mol. The molecule has 2 aromatic rings. The van der Waals surface area contributed by atoms with Crippen LogP contribution in [0.15, 0.2) is 34.9 Å². The summed E-state index contributed by atoms with van der Waals surface area (Å²) in [5.41, 5.74) is 1.55. The maximum absolute atomic E-state index is 12.2. The van der Waals surface area contributed by atoms with Crippen molar-refractivity contribution >= 4 is 17.5 Å². The molecule has 0 unspecified atom stereocenters. The van der Waals surface area contributed by atoms with Gasteiger partial charge < -0.3 is 14.6 Å². The first-order valence-electron chi connectivity index (χ1n) is 8.36. The third kappa shape index (κ3) is 5.04. The highest BCUT2D eigenvalue weighted by molar-refractivity contribution is 6.30. The van der Waals surface area contributed by atoms with Gasteiger partial charge in [-0.15, -0.1) is 0 Å². The Morgan fingerprint density at radius 3 is 2.76 bits per heavy atom.